The normalized spacial score (nSPS) is 12.2. The molecule has 0 bridgehead atoms. The van der Waals surface area contributed by atoms with Crippen molar-refractivity contribution in [2.75, 3.05) is 7.11 Å². The van der Waals surface area contributed by atoms with Gasteiger partial charge in [-0.2, -0.15) is 0 Å². The van der Waals surface area contributed by atoms with Gasteiger partial charge >= 0.3 is 5.97 Å². The van der Waals surface area contributed by atoms with Gasteiger partial charge in [0.15, 0.2) is 0 Å². The molecule has 0 amide bonds. The maximum absolute atomic E-state index is 10.9. The summed E-state index contributed by atoms with van der Waals surface area (Å²) in [5.74, 6) is -0.203. The number of halogens is 1. The second kappa shape index (κ2) is 5.02. The van der Waals surface area contributed by atoms with Crippen LogP contribution in [-0.4, -0.2) is 13.1 Å². The molecule has 0 aliphatic heterocycles. The second-order valence-corrected chi connectivity index (χ2v) is 3.76. The third kappa shape index (κ3) is 3.19. The number of carbonyl (C=O) groups is 1. The van der Waals surface area contributed by atoms with Gasteiger partial charge in [0.05, 0.1) is 13.5 Å². The molecule has 70 valence electrons. The van der Waals surface area contributed by atoms with Gasteiger partial charge < -0.3 is 4.74 Å². The zero-order chi connectivity index (χ0) is 9.68. The van der Waals surface area contributed by atoms with Crippen LogP contribution in [0.5, 0.6) is 0 Å². The van der Waals surface area contributed by atoms with Gasteiger partial charge in [0, 0.05) is 4.83 Å². The quantitative estimate of drug-likeness (QED) is 0.602. The number of hydrogen-bond acceptors (Lipinski definition) is 2. The molecule has 0 saturated carbocycles. The number of carbonyl (C=O) groups excluding carboxylic acids is 1. The summed E-state index contributed by atoms with van der Waals surface area (Å²) in [5, 5.41) is 0. The number of rotatable bonds is 3. The largest absolute Gasteiger partial charge is 0.469 e. The number of ether oxygens (including phenoxy) is 1. The molecule has 2 nitrogen and oxygen atoms in total. The third-order valence-corrected chi connectivity index (χ3v) is 2.59. The number of hydrogen-bond donors (Lipinski definition) is 0. The first-order valence-electron chi connectivity index (χ1n) is 4.00. The zero-order valence-electron chi connectivity index (χ0n) is 7.37. The summed E-state index contributed by atoms with van der Waals surface area (Å²) < 4.78 is 4.57. The molecule has 0 radical (unpaired) electrons. The fourth-order valence-electron chi connectivity index (χ4n) is 1.01. The van der Waals surface area contributed by atoms with Gasteiger partial charge in [0.25, 0.3) is 0 Å². The highest BCUT2D eigenvalue weighted by molar-refractivity contribution is 9.09. The minimum Gasteiger partial charge on any atom is -0.469 e. The SMILES string of the molecule is COC(=O)C[C@H](Br)c1ccccc1. The van der Waals surface area contributed by atoms with Gasteiger partial charge in [-0.05, 0) is 5.56 Å². The van der Waals surface area contributed by atoms with Crippen LogP contribution in [0.4, 0.5) is 0 Å². The molecule has 13 heavy (non-hydrogen) atoms. The smallest absolute Gasteiger partial charge is 0.306 e. The zero-order valence-corrected chi connectivity index (χ0v) is 8.95. The van der Waals surface area contributed by atoms with Crippen molar-refractivity contribution >= 4 is 21.9 Å². The van der Waals surface area contributed by atoms with Crippen LogP contribution in [0.3, 0.4) is 0 Å². The monoisotopic (exact) mass is 242 g/mol. The van der Waals surface area contributed by atoms with Crippen LogP contribution in [0.2, 0.25) is 0 Å². The summed E-state index contributed by atoms with van der Waals surface area (Å²) >= 11 is 3.43. The minimum atomic E-state index is -0.203. The van der Waals surface area contributed by atoms with Gasteiger partial charge in [-0.3, -0.25) is 4.79 Å². The van der Waals surface area contributed by atoms with Crippen LogP contribution in [0.1, 0.15) is 16.8 Å². The Kier molecular flexibility index (Phi) is 3.96. The molecule has 0 saturated heterocycles. The van der Waals surface area contributed by atoms with E-state index >= 15 is 0 Å². The lowest BCUT2D eigenvalue weighted by Gasteiger charge is -2.07. The Bertz CT molecular complexity index is 272. The molecule has 0 aliphatic carbocycles. The van der Waals surface area contributed by atoms with E-state index in [0.29, 0.717) is 6.42 Å². The van der Waals surface area contributed by atoms with Crippen LogP contribution in [0.15, 0.2) is 30.3 Å². The van der Waals surface area contributed by atoms with Gasteiger partial charge in [-0.1, -0.05) is 46.3 Å². The van der Waals surface area contributed by atoms with E-state index < -0.39 is 0 Å². The summed E-state index contributed by atoms with van der Waals surface area (Å²) in [4.78, 5) is 11.0. The van der Waals surface area contributed by atoms with Crippen molar-refractivity contribution in [1.82, 2.24) is 0 Å². The first-order valence-corrected chi connectivity index (χ1v) is 4.91. The van der Waals surface area contributed by atoms with E-state index in [0.717, 1.165) is 5.56 Å². The van der Waals surface area contributed by atoms with Crippen molar-refractivity contribution in [1.29, 1.82) is 0 Å². The maximum atomic E-state index is 10.9. The summed E-state index contributed by atoms with van der Waals surface area (Å²) in [6.07, 6.45) is 0.362. The fourth-order valence-corrected chi connectivity index (χ4v) is 1.58. The second-order valence-electron chi connectivity index (χ2n) is 2.66. The lowest BCUT2D eigenvalue weighted by molar-refractivity contribution is -0.140. The maximum Gasteiger partial charge on any atom is 0.306 e. The van der Waals surface area contributed by atoms with Crippen LogP contribution < -0.4 is 0 Å². The summed E-state index contributed by atoms with van der Waals surface area (Å²) in [7, 11) is 1.40. The topological polar surface area (TPSA) is 26.3 Å². The standard InChI is InChI=1S/C10H11BrO2/c1-13-10(12)7-9(11)8-5-3-2-4-6-8/h2-6,9H,7H2,1H3/t9-/m0/s1. The Morgan fingerprint density at radius 1 is 1.46 bits per heavy atom. The molecular formula is C10H11BrO2. The number of esters is 1. The van der Waals surface area contributed by atoms with Crippen LogP contribution in [0, 0.1) is 0 Å². The van der Waals surface area contributed by atoms with Gasteiger partial charge in [-0.15, -0.1) is 0 Å². The number of alkyl halides is 1. The molecule has 0 unspecified atom stereocenters. The first kappa shape index (κ1) is 10.3. The van der Waals surface area contributed by atoms with Crippen molar-refractivity contribution in [2.45, 2.75) is 11.2 Å². The van der Waals surface area contributed by atoms with Gasteiger partial charge in [-0.25, -0.2) is 0 Å². The highest BCUT2D eigenvalue weighted by Gasteiger charge is 2.11. The van der Waals surface area contributed by atoms with Crippen LogP contribution in [-0.2, 0) is 9.53 Å². The lowest BCUT2D eigenvalue weighted by atomic mass is 10.1. The summed E-state index contributed by atoms with van der Waals surface area (Å²) in [6, 6.07) is 9.79. The molecule has 1 aromatic rings. The Labute approximate surface area is 86.0 Å². The van der Waals surface area contributed by atoms with E-state index in [1.165, 1.54) is 7.11 Å². The van der Waals surface area contributed by atoms with Crippen molar-refractivity contribution in [3.05, 3.63) is 35.9 Å². The van der Waals surface area contributed by atoms with Crippen LogP contribution >= 0.6 is 15.9 Å². The van der Waals surface area contributed by atoms with E-state index in [2.05, 4.69) is 20.7 Å². The summed E-state index contributed by atoms with van der Waals surface area (Å²) in [6.45, 7) is 0. The molecule has 3 heteroatoms. The molecule has 1 aromatic carbocycles. The average molecular weight is 243 g/mol. The molecule has 0 aliphatic rings. The summed E-state index contributed by atoms with van der Waals surface area (Å²) in [5.41, 5.74) is 1.09. The van der Waals surface area contributed by atoms with Crippen LogP contribution in [0.25, 0.3) is 0 Å². The van der Waals surface area contributed by atoms with E-state index in [1.807, 2.05) is 30.3 Å². The van der Waals surface area contributed by atoms with Gasteiger partial charge in [0.1, 0.15) is 0 Å². The van der Waals surface area contributed by atoms with E-state index in [4.69, 9.17) is 0 Å². The highest BCUT2D eigenvalue weighted by Crippen LogP contribution is 2.25. The van der Waals surface area contributed by atoms with Gasteiger partial charge in [0.2, 0.25) is 0 Å². The molecule has 1 rings (SSSR count). The van der Waals surface area contributed by atoms with Crippen molar-refractivity contribution in [2.24, 2.45) is 0 Å². The van der Waals surface area contributed by atoms with Crippen molar-refractivity contribution in [3.63, 3.8) is 0 Å². The van der Waals surface area contributed by atoms with E-state index in [1.54, 1.807) is 0 Å². The van der Waals surface area contributed by atoms with Crippen molar-refractivity contribution in [3.8, 4) is 0 Å². The Morgan fingerprint density at radius 2 is 2.08 bits per heavy atom. The molecule has 0 aromatic heterocycles. The average Bonchev–Trinajstić information content (AvgIpc) is 2.19. The predicted octanol–water partition coefficient (Wildman–Crippen LogP) is 2.69. The Balaban J connectivity index is 2.59. The highest BCUT2D eigenvalue weighted by atomic mass is 79.9. The van der Waals surface area contributed by atoms with Crippen molar-refractivity contribution < 1.29 is 9.53 Å². The number of benzene rings is 1. The van der Waals surface area contributed by atoms with E-state index in [9.17, 15) is 4.79 Å². The molecule has 0 heterocycles. The fraction of sp³-hybridized carbons (Fsp3) is 0.300. The first-order chi connectivity index (χ1) is 6.24. The minimum absolute atomic E-state index is 0.0427. The molecule has 1 atom stereocenters. The molecular weight excluding hydrogens is 232 g/mol. The number of methoxy groups -OCH3 is 1. The third-order valence-electron chi connectivity index (χ3n) is 1.73. The molecule has 0 spiro atoms. The molecule has 0 fully saturated rings. The molecule has 0 N–H and O–H groups in total. The van der Waals surface area contributed by atoms with E-state index in [-0.39, 0.29) is 10.8 Å². The predicted molar refractivity (Wildman–Crippen MR) is 54.7 cm³/mol. The lowest BCUT2D eigenvalue weighted by Crippen LogP contribution is -2.03. The Hall–Kier alpha value is -0.830. The Morgan fingerprint density at radius 3 is 2.62 bits per heavy atom.